The largest absolute Gasteiger partial charge is 0.459 e. The van der Waals surface area contributed by atoms with Crippen molar-refractivity contribution in [3.05, 3.63) is 20.9 Å². The zero-order valence-corrected chi connectivity index (χ0v) is 38.6. The van der Waals surface area contributed by atoms with Gasteiger partial charge in [-0.25, -0.2) is 0 Å². The Bertz CT molecular complexity index is 1560. The molecule has 22 nitrogen and oxygen atoms in total. The van der Waals surface area contributed by atoms with E-state index >= 15 is 0 Å². The van der Waals surface area contributed by atoms with Crippen molar-refractivity contribution in [3.8, 4) is 0 Å². The van der Waals surface area contributed by atoms with Crippen LogP contribution in [0, 0.1) is 35.5 Å². The Kier molecular flexibility index (Phi) is 26.2. The number of methoxy groups -OCH3 is 2. The summed E-state index contributed by atoms with van der Waals surface area (Å²) < 4.78 is 53.2. The molecule has 4 fully saturated rings. The van der Waals surface area contributed by atoms with E-state index in [1.165, 1.54) is 14.0 Å². The van der Waals surface area contributed by atoms with E-state index in [2.05, 4.69) is 20.1 Å². The second-order valence-electron chi connectivity index (χ2n) is 16.4. The average molecular weight is 901 g/mol. The summed E-state index contributed by atoms with van der Waals surface area (Å²) in [6.07, 6.45) is -2.71. The summed E-state index contributed by atoms with van der Waals surface area (Å²) in [5.74, 6) is -0.687. The maximum Gasteiger partial charge on any atom is 0.373 e. The van der Waals surface area contributed by atoms with Gasteiger partial charge in [0.1, 0.15) is 11.9 Å². The number of rotatable bonds is 14. The Labute approximate surface area is 368 Å². The van der Waals surface area contributed by atoms with Gasteiger partial charge in [0.2, 0.25) is 0 Å². The van der Waals surface area contributed by atoms with Crippen molar-refractivity contribution in [2.24, 2.45) is 45.7 Å². The number of esters is 1. The van der Waals surface area contributed by atoms with Crippen LogP contribution >= 0.6 is 0 Å². The van der Waals surface area contributed by atoms with Crippen LogP contribution in [0.4, 0.5) is 0 Å². The van der Waals surface area contributed by atoms with Crippen molar-refractivity contribution < 1.29 is 76.5 Å². The summed E-state index contributed by atoms with van der Waals surface area (Å²) in [5, 5.41) is 17.9. The lowest BCUT2D eigenvalue weighted by molar-refractivity contribution is -0.317. The third kappa shape index (κ3) is 16.0. The number of hydrogen-bond acceptors (Lipinski definition) is 18. The van der Waals surface area contributed by atoms with E-state index in [1.54, 1.807) is 7.11 Å². The van der Waals surface area contributed by atoms with Crippen molar-refractivity contribution in [1.29, 1.82) is 0 Å². The van der Waals surface area contributed by atoms with Crippen molar-refractivity contribution in [1.82, 2.24) is 0 Å². The van der Waals surface area contributed by atoms with Gasteiger partial charge in [0, 0.05) is 48.2 Å². The van der Waals surface area contributed by atoms with Gasteiger partial charge in [0.15, 0.2) is 25.2 Å². The molecule has 0 saturated carbocycles. The van der Waals surface area contributed by atoms with Gasteiger partial charge < -0.3 is 52.5 Å². The Morgan fingerprint density at radius 2 is 1.00 bits per heavy atom. The van der Waals surface area contributed by atoms with Gasteiger partial charge in [-0.05, 0) is 62.4 Å². The number of carbonyl (C=O) groups is 2. The molecule has 0 aliphatic carbocycles. The molecule has 1 N–H and O–H groups in total. The number of hydrogen-bond donors (Lipinski definition) is 1. The molecule has 0 aromatic rings. The molecule has 358 valence electrons. The monoisotopic (exact) mass is 900 g/mol. The molecule has 22 heteroatoms. The van der Waals surface area contributed by atoms with Gasteiger partial charge in [0.25, 0.3) is 0 Å². The van der Waals surface area contributed by atoms with Gasteiger partial charge >= 0.3 is 18.3 Å². The quantitative estimate of drug-likeness (QED) is 0.0981. The Balaban J connectivity index is 0.000000572. The summed E-state index contributed by atoms with van der Waals surface area (Å²) >= 11 is 0. The lowest BCUT2D eigenvalue weighted by Gasteiger charge is -2.48. The molecule has 0 spiro atoms. The van der Waals surface area contributed by atoms with E-state index in [9.17, 15) is 14.7 Å². The lowest BCUT2D eigenvalue weighted by atomic mass is 9.84. The molecule has 0 aromatic heterocycles. The first kappa shape index (κ1) is 57.2. The number of carbonyl (C=O) groups excluding carboxylic acids is 6. The Morgan fingerprint density at radius 1 is 0.603 bits per heavy atom. The van der Waals surface area contributed by atoms with Crippen LogP contribution < -0.4 is 0 Å². The van der Waals surface area contributed by atoms with E-state index < -0.39 is 55.4 Å². The SMILES string of the molecule is CCC1O[C@H](OC)[C@@H](N=[N+]=[N-])C(C)[C@@H]1O[C@H]1OC(C)[C@@H](O)C(C)[C@@H]1C.CCC1O[C@H](OC)[C@@H](N=[N+]=[N-])C(C)[C@@H]1O[C@H]1OC(C)[C@@H](OC(=O)CCC(C)=O)C(C)[C@@H]1C.O=C=O.O=C=O. The second kappa shape index (κ2) is 28.8. The summed E-state index contributed by atoms with van der Waals surface area (Å²) in [6.45, 7) is 21.1. The number of azide groups is 2. The number of ketones is 1. The highest BCUT2D eigenvalue weighted by atomic mass is 16.7. The number of nitrogens with zero attached hydrogens (tertiary/aromatic N) is 6. The molecule has 0 radical (unpaired) electrons. The second-order valence-corrected chi connectivity index (χ2v) is 16.4. The number of aliphatic hydroxyl groups is 1. The van der Waals surface area contributed by atoms with Gasteiger partial charge in [-0.2, -0.15) is 19.2 Å². The van der Waals surface area contributed by atoms with Gasteiger partial charge in [-0.1, -0.05) is 65.6 Å². The zero-order chi connectivity index (χ0) is 48.1. The first-order chi connectivity index (χ1) is 29.8. The fourth-order valence-corrected chi connectivity index (χ4v) is 8.23. The van der Waals surface area contributed by atoms with Crippen LogP contribution in [0.5, 0.6) is 0 Å². The predicted molar refractivity (Wildman–Crippen MR) is 217 cm³/mol. The number of Topliss-reactive ketones (excluding diaryl/α,β-unsaturated/α-hetero) is 1. The predicted octanol–water partition coefficient (Wildman–Crippen LogP) is 5.44. The van der Waals surface area contributed by atoms with E-state index in [4.69, 9.17) is 72.9 Å². The van der Waals surface area contributed by atoms with Crippen LogP contribution in [0.25, 0.3) is 20.9 Å². The van der Waals surface area contributed by atoms with Crippen molar-refractivity contribution >= 4 is 24.1 Å². The Hall–Kier alpha value is -3.84. The number of ether oxygens (including phenoxy) is 9. The molecule has 0 amide bonds. The summed E-state index contributed by atoms with van der Waals surface area (Å²) in [4.78, 5) is 61.7. The summed E-state index contributed by atoms with van der Waals surface area (Å²) in [6, 6.07) is -0.997. The van der Waals surface area contributed by atoms with E-state index in [-0.39, 0.29) is 103 Å². The highest BCUT2D eigenvalue weighted by Gasteiger charge is 2.50. The van der Waals surface area contributed by atoms with Crippen LogP contribution in [0.1, 0.15) is 102 Å². The molecular weight excluding hydrogens is 832 g/mol. The smallest absolute Gasteiger partial charge is 0.373 e. The molecule has 4 heterocycles. The minimum atomic E-state index is -0.632. The van der Waals surface area contributed by atoms with Crippen LogP contribution in [0.3, 0.4) is 0 Å². The zero-order valence-electron chi connectivity index (χ0n) is 38.6. The van der Waals surface area contributed by atoms with Gasteiger partial charge in [0.05, 0.1) is 61.2 Å². The van der Waals surface area contributed by atoms with Crippen molar-refractivity contribution in [2.75, 3.05) is 14.2 Å². The fraction of sp³-hybridized carbons (Fsp3) is 0.902. The highest BCUT2D eigenvalue weighted by molar-refractivity contribution is 5.81. The van der Waals surface area contributed by atoms with Crippen LogP contribution in [-0.2, 0) is 71.4 Å². The fourth-order valence-electron chi connectivity index (χ4n) is 8.23. The third-order valence-electron chi connectivity index (χ3n) is 12.4. The molecule has 4 saturated heterocycles. The first-order valence-electron chi connectivity index (χ1n) is 21.2. The maximum absolute atomic E-state index is 12.2. The molecule has 4 rings (SSSR count). The number of aliphatic hydroxyl groups excluding tert-OH is 1. The van der Waals surface area contributed by atoms with Crippen molar-refractivity contribution in [3.63, 3.8) is 0 Å². The van der Waals surface area contributed by atoms with Crippen LogP contribution in [0.15, 0.2) is 10.2 Å². The van der Waals surface area contributed by atoms with Crippen LogP contribution in [0.2, 0.25) is 0 Å². The normalized spacial score (nSPS) is 39.5. The molecule has 0 aromatic carbocycles. The van der Waals surface area contributed by atoms with Gasteiger partial charge in [-0.3, -0.25) is 4.79 Å². The maximum atomic E-state index is 12.2. The molecule has 4 aliphatic rings. The average Bonchev–Trinajstić information content (AvgIpc) is 3.25. The minimum absolute atomic E-state index is 0.0235. The van der Waals surface area contributed by atoms with E-state index in [0.717, 1.165) is 6.42 Å². The molecule has 8 unspecified atom stereocenters. The molecule has 4 aliphatic heterocycles. The standard InChI is InChI=1S/C22H37N3O7.C17H31N3O5.2CO2/c1-8-16-20(14(5)18(24-25-23)22(28-7)30-16)32-21-13(4)12(3)19(15(6)29-21)31-17(27)10-9-11(2)26;1-7-12-15(10(4)13(19-20-18)17(22-6)24-12)25-16-9(3)8(2)14(21)11(5)23-16;2*2-1-3/h12-16,18-22H,8-10H2,1-7H3;8-17,21H,7H2,1-6H3;;/t12?,13-,14?,15?,16?,18-,19-,20-,21+,22-;8?,9-,10?,11?,12?,13-,14-,15-,16+,17-;;/m00../s1. The molecular formula is C41H68N6O16. The Morgan fingerprint density at radius 3 is 1.37 bits per heavy atom. The summed E-state index contributed by atoms with van der Waals surface area (Å²) in [7, 11) is 3.07. The minimum Gasteiger partial charge on any atom is -0.459 e. The van der Waals surface area contributed by atoms with E-state index in [0.29, 0.717) is 6.42 Å². The molecule has 20 atom stereocenters. The first-order valence-corrected chi connectivity index (χ1v) is 21.2. The molecule has 0 bridgehead atoms. The third-order valence-corrected chi connectivity index (χ3v) is 12.4. The van der Waals surface area contributed by atoms with Gasteiger partial charge in [-0.15, -0.1) is 0 Å². The highest BCUT2D eigenvalue weighted by Crippen LogP contribution is 2.40. The lowest BCUT2D eigenvalue weighted by Crippen LogP contribution is -2.57. The van der Waals surface area contributed by atoms with Crippen LogP contribution in [-0.4, -0.2) is 129 Å². The topological polar surface area (TPSA) is 303 Å². The van der Waals surface area contributed by atoms with Crippen molar-refractivity contribution in [2.45, 2.75) is 188 Å². The summed E-state index contributed by atoms with van der Waals surface area (Å²) in [5.41, 5.74) is 17.9. The van der Waals surface area contributed by atoms with E-state index in [1.807, 2.05) is 69.2 Å². The molecule has 63 heavy (non-hydrogen) atoms.